The summed E-state index contributed by atoms with van der Waals surface area (Å²) in [5, 5.41) is 11.5. The molecule has 1 amide bonds. The molecular formula is C20H20N2O4. The van der Waals surface area contributed by atoms with Gasteiger partial charge in [-0.25, -0.2) is 4.79 Å². The first-order chi connectivity index (χ1) is 12.5. The van der Waals surface area contributed by atoms with Gasteiger partial charge in [-0.2, -0.15) is 5.26 Å². The maximum absolute atomic E-state index is 12.3. The maximum atomic E-state index is 12.3. The maximum Gasteiger partial charge on any atom is 0.348 e. The van der Waals surface area contributed by atoms with Crippen LogP contribution in [0.5, 0.6) is 5.75 Å². The third kappa shape index (κ3) is 5.35. The van der Waals surface area contributed by atoms with Crippen LogP contribution in [-0.2, 0) is 14.3 Å². The van der Waals surface area contributed by atoms with Gasteiger partial charge in [0.25, 0.3) is 5.91 Å². The fourth-order valence-electron chi connectivity index (χ4n) is 2.18. The van der Waals surface area contributed by atoms with Gasteiger partial charge in [-0.1, -0.05) is 31.2 Å². The van der Waals surface area contributed by atoms with E-state index in [9.17, 15) is 9.59 Å². The van der Waals surface area contributed by atoms with Crippen LogP contribution in [-0.4, -0.2) is 24.1 Å². The lowest BCUT2D eigenvalue weighted by Gasteiger charge is -2.19. The van der Waals surface area contributed by atoms with Gasteiger partial charge in [0.15, 0.2) is 12.2 Å². The van der Waals surface area contributed by atoms with Crippen LogP contribution in [0.15, 0.2) is 54.6 Å². The molecule has 2 aromatic rings. The fourth-order valence-corrected chi connectivity index (χ4v) is 2.18. The zero-order valence-electron chi connectivity index (χ0n) is 14.6. The number of nitrogens with zero attached hydrogens (tertiary/aromatic N) is 1. The first-order valence-corrected chi connectivity index (χ1v) is 8.26. The minimum atomic E-state index is -0.998. The highest BCUT2D eigenvalue weighted by molar-refractivity contribution is 5.95. The van der Waals surface area contributed by atoms with Gasteiger partial charge in [-0.05, 0) is 43.7 Å². The molecule has 2 rings (SSSR count). The monoisotopic (exact) mass is 352 g/mol. The molecule has 0 spiro atoms. The van der Waals surface area contributed by atoms with Crippen LogP contribution in [0.25, 0.3) is 0 Å². The lowest BCUT2D eigenvalue weighted by molar-refractivity contribution is -0.160. The van der Waals surface area contributed by atoms with E-state index >= 15 is 0 Å². The van der Waals surface area contributed by atoms with Crippen molar-refractivity contribution in [1.82, 2.24) is 0 Å². The number of esters is 1. The zero-order valence-corrected chi connectivity index (χ0v) is 14.6. The van der Waals surface area contributed by atoms with Crippen molar-refractivity contribution < 1.29 is 19.1 Å². The summed E-state index contributed by atoms with van der Waals surface area (Å²) in [5.74, 6) is -0.533. The number of hydrogen-bond acceptors (Lipinski definition) is 5. The van der Waals surface area contributed by atoms with E-state index in [1.165, 1.54) is 6.92 Å². The molecular weight excluding hydrogens is 332 g/mol. The Bertz CT molecular complexity index is 799. The van der Waals surface area contributed by atoms with Crippen LogP contribution in [0.1, 0.15) is 25.8 Å². The lowest BCUT2D eigenvalue weighted by atomic mass is 10.2. The summed E-state index contributed by atoms with van der Waals surface area (Å²) < 4.78 is 10.8. The third-order valence-electron chi connectivity index (χ3n) is 3.58. The molecule has 0 saturated heterocycles. The van der Waals surface area contributed by atoms with Gasteiger partial charge < -0.3 is 14.8 Å². The number of rotatable bonds is 7. The van der Waals surface area contributed by atoms with E-state index in [0.717, 1.165) is 0 Å². The molecule has 6 nitrogen and oxygen atoms in total. The summed E-state index contributed by atoms with van der Waals surface area (Å²) in [7, 11) is 0. The number of hydrogen-bond donors (Lipinski definition) is 1. The molecule has 26 heavy (non-hydrogen) atoms. The summed E-state index contributed by atoms with van der Waals surface area (Å²) in [4.78, 5) is 24.5. The Labute approximate surface area is 152 Å². The van der Waals surface area contributed by atoms with E-state index in [1.807, 2.05) is 12.1 Å². The number of carbonyl (C=O) groups is 2. The van der Waals surface area contributed by atoms with E-state index in [1.54, 1.807) is 55.5 Å². The number of ether oxygens (including phenoxy) is 2. The molecule has 0 bridgehead atoms. The quantitative estimate of drug-likeness (QED) is 0.773. The molecule has 0 radical (unpaired) electrons. The Hall–Kier alpha value is -3.33. The van der Waals surface area contributed by atoms with Gasteiger partial charge in [-0.3, -0.25) is 4.79 Å². The Morgan fingerprint density at radius 3 is 2.54 bits per heavy atom. The summed E-state index contributed by atoms with van der Waals surface area (Å²) in [6, 6.07) is 17.4. The topological polar surface area (TPSA) is 88.4 Å². The molecule has 2 aromatic carbocycles. The highest BCUT2D eigenvalue weighted by Crippen LogP contribution is 2.15. The molecule has 0 saturated carbocycles. The average molecular weight is 352 g/mol. The first-order valence-electron chi connectivity index (χ1n) is 8.26. The lowest BCUT2D eigenvalue weighted by Crippen LogP contribution is -2.36. The second-order valence-electron chi connectivity index (χ2n) is 5.59. The third-order valence-corrected chi connectivity index (χ3v) is 3.58. The minimum Gasteiger partial charge on any atom is -0.479 e. The van der Waals surface area contributed by atoms with Crippen molar-refractivity contribution >= 4 is 17.6 Å². The molecule has 2 atom stereocenters. The Morgan fingerprint density at radius 1 is 1.15 bits per heavy atom. The SMILES string of the molecule is CC[C@H](Oc1ccccc1)C(=O)O[C@H](C)C(=O)Nc1cccc(C#N)c1. The molecule has 0 aliphatic rings. The van der Waals surface area contributed by atoms with Crippen LogP contribution in [0.4, 0.5) is 5.69 Å². The fraction of sp³-hybridized carbons (Fsp3) is 0.250. The number of amides is 1. The average Bonchev–Trinajstić information content (AvgIpc) is 2.66. The van der Waals surface area contributed by atoms with E-state index in [0.29, 0.717) is 23.4 Å². The van der Waals surface area contributed by atoms with Crippen molar-refractivity contribution in [3.05, 3.63) is 60.2 Å². The predicted molar refractivity (Wildman–Crippen MR) is 96.5 cm³/mol. The summed E-state index contributed by atoms with van der Waals surface area (Å²) >= 11 is 0. The second-order valence-corrected chi connectivity index (χ2v) is 5.59. The van der Waals surface area contributed by atoms with Crippen LogP contribution < -0.4 is 10.1 Å². The number of nitriles is 1. The van der Waals surface area contributed by atoms with Crippen molar-refractivity contribution in [1.29, 1.82) is 5.26 Å². The number of benzene rings is 2. The molecule has 6 heteroatoms. The van der Waals surface area contributed by atoms with Crippen LogP contribution in [0.3, 0.4) is 0 Å². The molecule has 0 fully saturated rings. The van der Waals surface area contributed by atoms with Crippen LogP contribution in [0, 0.1) is 11.3 Å². The molecule has 0 aliphatic heterocycles. The predicted octanol–water partition coefficient (Wildman–Crippen LogP) is 3.29. The van der Waals surface area contributed by atoms with Gasteiger partial charge in [-0.15, -0.1) is 0 Å². The van der Waals surface area contributed by atoms with Gasteiger partial charge in [0.1, 0.15) is 5.75 Å². The van der Waals surface area contributed by atoms with E-state index in [4.69, 9.17) is 14.7 Å². The molecule has 1 N–H and O–H groups in total. The smallest absolute Gasteiger partial charge is 0.348 e. The van der Waals surface area contributed by atoms with Gasteiger partial charge in [0.05, 0.1) is 11.6 Å². The zero-order chi connectivity index (χ0) is 18.9. The summed E-state index contributed by atoms with van der Waals surface area (Å²) in [5.41, 5.74) is 0.888. The molecule has 0 heterocycles. The molecule has 0 aliphatic carbocycles. The van der Waals surface area contributed by atoms with Gasteiger partial charge in [0.2, 0.25) is 0 Å². The van der Waals surface area contributed by atoms with Gasteiger partial charge >= 0.3 is 5.97 Å². The number of nitrogens with one attached hydrogen (secondary N) is 1. The number of para-hydroxylation sites is 1. The van der Waals surface area contributed by atoms with Gasteiger partial charge in [0, 0.05) is 5.69 Å². The standard InChI is InChI=1S/C20H20N2O4/c1-3-18(26-17-10-5-4-6-11-17)20(24)25-14(2)19(23)22-16-9-7-8-15(12-16)13-21/h4-12,14,18H,3H2,1-2H3,(H,22,23)/t14-,18+/m1/s1. The van der Waals surface area contributed by atoms with Crippen molar-refractivity contribution in [2.24, 2.45) is 0 Å². The van der Waals surface area contributed by atoms with Crippen molar-refractivity contribution in [3.63, 3.8) is 0 Å². The summed E-state index contributed by atoms with van der Waals surface area (Å²) in [6.45, 7) is 3.28. The summed E-state index contributed by atoms with van der Waals surface area (Å²) in [6.07, 6.45) is -1.39. The largest absolute Gasteiger partial charge is 0.479 e. The minimum absolute atomic E-state index is 0.409. The highest BCUT2D eigenvalue weighted by atomic mass is 16.6. The number of carbonyl (C=O) groups excluding carboxylic acids is 2. The Morgan fingerprint density at radius 2 is 1.88 bits per heavy atom. The Kier molecular flexibility index (Phi) is 6.75. The van der Waals surface area contributed by atoms with Crippen LogP contribution >= 0.6 is 0 Å². The molecule has 0 aromatic heterocycles. The highest BCUT2D eigenvalue weighted by Gasteiger charge is 2.25. The van der Waals surface area contributed by atoms with E-state index in [-0.39, 0.29) is 0 Å². The molecule has 134 valence electrons. The first kappa shape index (κ1) is 19.0. The normalized spacial score (nSPS) is 12.3. The Balaban J connectivity index is 1.93. The van der Waals surface area contributed by atoms with E-state index < -0.39 is 24.1 Å². The van der Waals surface area contributed by atoms with E-state index in [2.05, 4.69) is 5.32 Å². The van der Waals surface area contributed by atoms with Crippen LogP contribution in [0.2, 0.25) is 0 Å². The van der Waals surface area contributed by atoms with Crippen molar-refractivity contribution in [2.75, 3.05) is 5.32 Å². The van der Waals surface area contributed by atoms with Crippen molar-refractivity contribution in [2.45, 2.75) is 32.5 Å². The molecule has 0 unspecified atom stereocenters. The van der Waals surface area contributed by atoms with Crippen molar-refractivity contribution in [3.8, 4) is 11.8 Å². The second kappa shape index (κ2) is 9.23. The number of anilines is 1.